The van der Waals surface area contributed by atoms with Gasteiger partial charge in [0.1, 0.15) is 0 Å². The van der Waals surface area contributed by atoms with Crippen LogP contribution in [-0.4, -0.2) is 27.4 Å². The molecule has 5 aromatic rings. The van der Waals surface area contributed by atoms with Crippen molar-refractivity contribution in [3.8, 4) is 0 Å². The van der Waals surface area contributed by atoms with E-state index in [9.17, 15) is 14.4 Å². The van der Waals surface area contributed by atoms with E-state index < -0.39 is 17.8 Å². The molecule has 2 aromatic heterocycles. The van der Waals surface area contributed by atoms with Crippen LogP contribution >= 0.6 is 0 Å². The lowest BCUT2D eigenvalue weighted by Gasteiger charge is -2.24. The number of H-pyrrole nitrogens is 1. The molecule has 0 radical (unpaired) electrons. The van der Waals surface area contributed by atoms with E-state index >= 15 is 0 Å². The van der Waals surface area contributed by atoms with Crippen LogP contribution in [0.5, 0.6) is 0 Å². The Labute approximate surface area is 269 Å². The number of benzene rings is 3. The van der Waals surface area contributed by atoms with Crippen molar-refractivity contribution in [2.24, 2.45) is 11.7 Å². The number of aryl methyl sites for hydroxylation is 2. The van der Waals surface area contributed by atoms with E-state index in [1.807, 2.05) is 36.4 Å². The summed E-state index contributed by atoms with van der Waals surface area (Å²) in [5.74, 6) is -1.19. The molecule has 236 valence electrons. The Hall–Kier alpha value is -4.65. The second kappa shape index (κ2) is 12.6. The number of aromatic nitrogens is 2. The summed E-state index contributed by atoms with van der Waals surface area (Å²) in [4.78, 5) is 43.0. The Balaban J connectivity index is 1.26. The minimum Gasteiger partial charge on any atom is -0.386 e. The number of hydrogen-bond acceptors (Lipinski definition) is 4. The van der Waals surface area contributed by atoms with Crippen LogP contribution in [0.3, 0.4) is 0 Å². The summed E-state index contributed by atoms with van der Waals surface area (Å²) in [5.41, 5.74) is 14.2. The number of nitrogens with one attached hydrogen (secondary N) is 1. The van der Waals surface area contributed by atoms with Gasteiger partial charge in [0.15, 0.2) is 0 Å². The number of hydrogen-bond donors (Lipinski definition) is 2. The number of rotatable bonds is 9. The van der Waals surface area contributed by atoms with E-state index in [2.05, 4.69) is 22.5 Å². The van der Waals surface area contributed by atoms with Gasteiger partial charge < -0.3 is 20.0 Å². The third-order valence-corrected chi connectivity index (χ3v) is 10.1. The zero-order chi connectivity index (χ0) is 31.8. The number of unbranched alkanes of at least 4 members (excludes halogenated alkanes) is 2. The second-order valence-electron chi connectivity index (χ2n) is 13.1. The summed E-state index contributed by atoms with van der Waals surface area (Å²) in [7, 11) is 0. The number of aromatic amines is 1. The average Bonchev–Trinajstić information content (AvgIpc) is 3.60. The van der Waals surface area contributed by atoms with E-state index in [4.69, 9.17) is 10.5 Å². The highest BCUT2D eigenvalue weighted by molar-refractivity contribution is 6.13. The average molecular weight is 616 g/mol. The van der Waals surface area contributed by atoms with Gasteiger partial charge >= 0.3 is 11.9 Å². The van der Waals surface area contributed by atoms with Crippen LogP contribution in [-0.2, 0) is 37.0 Å². The molecule has 1 unspecified atom stereocenters. The number of ether oxygens (including phenoxy) is 1. The van der Waals surface area contributed by atoms with Crippen LogP contribution in [0.15, 0.2) is 60.7 Å². The number of amides is 1. The predicted molar refractivity (Wildman–Crippen MR) is 180 cm³/mol. The molecule has 0 bridgehead atoms. The van der Waals surface area contributed by atoms with Gasteiger partial charge in [-0.2, -0.15) is 0 Å². The Morgan fingerprint density at radius 1 is 0.891 bits per heavy atom. The normalized spacial score (nSPS) is 15.9. The molecular formula is C39H41N3O4. The first-order valence-corrected chi connectivity index (χ1v) is 16.8. The molecule has 3 N–H and O–H groups in total. The Morgan fingerprint density at radius 2 is 1.65 bits per heavy atom. The monoisotopic (exact) mass is 615 g/mol. The van der Waals surface area contributed by atoms with E-state index in [0.29, 0.717) is 29.2 Å². The maximum Gasteiger partial charge on any atom is 0.348 e. The highest BCUT2D eigenvalue weighted by atomic mass is 16.6. The number of nitrogens with zero attached hydrogens (tertiary/aromatic N) is 1. The van der Waals surface area contributed by atoms with Gasteiger partial charge in [0.25, 0.3) is 0 Å². The van der Waals surface area contributed by atoms with Gasteiger partial charge in [-0.25, -0.2) is 9.59 Å². The smallest absolute Gasteiger partial charge is 0.348 e. The van der Waals surface area contributed by atoms with Gasteiger partial charge in [-0.3, -0.25) is 4.79 Å². The molecule has 0 fully saturated rings. The Kier molecular flexibility index (Phi) is 8.24. The standard InChI is InChI=1S/C39H41N3O4/c1-2-3-4-10-24-19-20-34-32(22-24)29-15-9-17-31(36(29)42(34)23-25-11-7-12-26(21-25)37(40)43)39(45)46-38(44)30-16-8-14-28-27-13-5-6-18-33(27)41-35(28)30/h7-9,11-12,14-17,21,24,41H,2-6,10,13,18-20,22-23H2,1H3,(H2,40,43). The fraction of sp³-hybridized carbons (Fsp3) is 0.359. The number of fused-ring (bicyclic) bond motifs is 6. The number of carbonyl (C=O) groups is 3. The van der Waals surface area contributed by atoms with Gasteiger partial charge in [-0.05, 0) is 91.8 Å². The molecule has 3 aromatic carbocycles. The lowest BCUT2D eigenvalue weighted by molar-refractivity contribution is 0.0400. The summed E-state index contributed by atoms with van der Waals surface area (Å²) in [6.07, 6.45) is 12.0. The van der Waals surface area contributed by atoms with Crippen molar-refractivity contribution in [3.05, 3.63) is 105 Å². The fourth-order valence-corrected chi connectivity index (χ4v) is 7.84. The summed E-state index contributed by atoms with van der Waals surface area (Å²) in [5, 5.41) is 2.06. The van der Waals surface area contributed by atoms with Gasteiger partial charge in [-0.1, -0.05) is 69.0 Å². The molecule has 1 atom stereocenters. The van der Waals surface area contributed by atoms with E-state index in [0.717, 1.165) is 72.3 Å². The maximum atomic E-state index is 13.9. The number of primary amides is 1. The fourth-order valence-electron chi connectivity index (χ4n) is 7.84. The number of nitrogens with two attached hydrogens (primary N) is 1. The molecule has 46 heavy (non-hydrogen) atoms. The van der Waals surface area contributed by atoms with E-state index in [-0.39, 0.29) is 0 Å². The third kappa shape index (κ3) is 5.52. The molecule has 0 spiro atoms. The van der Waals surface area contributed by atoms with Gasteiger partial charge in [-0.15, -0.1) is 0 Å². The molecule has 0 saturated carbocycles. The molecule has 0 saturated heterocycles. The van der Waals surface area contributed by atoms with Crippen molar-refractivity contribution in [1.82, 2.24) is 9.55 Å². The molecule has 7 rings (SSSR count). The topological polar surface area (TPSA) is 107 Å². The number of para-hydroxylation sites is 2. The SMILES string of the molecule is CCCCCC1CCc2c(c3cccc(C(=O)OC(=O)c4cccc5c6c([nH]c45)CCCC6)c3n2Cc2cccc(C(N)=O)c2)C1. The quantitative estimate of drug-likeness (QED) is 0.100. The van der Waals surface area contributed by atoms with Crippen molar-refractivity contribution in [1.29, 1.82) is 0 Å². The number of esters is 2. The largest absolute Gasteiger partial charge is 0.386 e. The minimum atomic E-state index is -0.662. The van der Waals surface area contributed by atoms with Crippen molar-refractivity contribution in [2.75, 3.05) is 0 Å². The van der Waals surface area contributed by atoms with Gasteiger partial charge in [0.05, 0.1) is 22.2 Å². The first-order chi connectivity index (χ1) is 22.4. The van der Waals surface area contributed by atoms with Crippen LogP contribution in [0.4, 0.5) is 0 Å². The molecule has 7 nitrogen and oxygen atoms in total. The second-order valence-corrected chi connectivity index (χ2v) is 13.1. The lowest BCUT2D eigenvalue weighted by Crippen LogP contribution is -2.18. The van der Waals surface area contributed by atoms with Crippen LogP contribution in [0.2, 0.25) is 0 Å². The third-order valence-electron chi connectivity index (χ3n) is 10.1. The molecule has 1 amide bonds. The summed E-state index contributed by atoms with van der Waals surface area (Å²) < 4.78 is 7.88. The van der Waals surface area contributed by atoms with Crippen LogP contribution < -0.4 is 5.73 Å². The molecule has 0 aliphatic heterocycles. The molecule has 2 heterocycles. The van der Waals surface area contributed by atoms with Crippen molar-refractivity contribution in [2.45, 2.75) is 84.1 Å². The first-order valence-electron chi connectivity index (χ1n) is 16.8. The van der Waals surface area contributed by atoms with Gasteiger partial charge in [0.2, 0.25) is 5.91 Å². The Morgan fingerprint density at radius 3 is 2.48 bits per heavy atom. The van der Waals surface area contributed by atoms with Crippen LogP contribution in [0.1, 0.15) is 111 Å². The number of carbonyl (C=O) groups excluding carboxylic acids is 3. The molecule has 7 heteroatoms. The highest BCUT2D eigenvalue weighted by Crippen LogP contribution is 2.38. The summed E-state index contributed by atoms with van der Waals surface area (Å²) in [6.45, 7) is 2.70. The maximum absolute atomic E-state index is 13.9. The Bertz CT molecular complexity index is 1980. The minimum absolute atomic E-state index is 0.367. The van der Waals surface area contributed by atoms with Crippen molar-refractivity contribution in [3.63, 3.8) is 0 Å². The van der Waals surface area contributed by atoms with Gasteiger partial charge in [0, 0.05) is 34.3 Å². The molecule has 2 aliphatic carbocycles. The summed E-state index contributed by atoms with van der Waals surface area (Å²) in [6, 6.07) is 18.7. The van der Waals surface area contributed by atoms with Crippen molar-refractivity contribution >= 4 is 39.7 Å². The van der Waals surface area contributed by atoms with E-state index in [1.54, 1.807) is 18.2 Å². The van der Waals surface area contributed by atoms with Crippen LogP contribution in [0, 0.1) is 5.92 Å². The first kappa shape index (κ1) is 30.0. The zero-order valence-electron chi connectivity index (χ0n) is 26.5. The zero-order valence-corrected chi connectivity index (χ0v) is 26.5. The molecule has 2 aliphatic rings. The molecular weight excluding hydrogens is 574 g/mol. The summed E-state index contributed by atoms with van der Waals surface area (Å²) >= 11 is 0. The van der Waals surface area contributed by atoms with E-state index in [1.165, 1.54) is 48.2 Å². The lowest BCUT2D eigenvalue weighted by atomic mass is 9.83. The van der Waals surface area contributed by atoms with Crippen LogP contribution in [0.25, 0.3) is 21.8 Å². The van der Waals surface area contributed by atoms with Crippen molar-refractivity contribution < 1.29 is 19.1 Å². The highest BCUT2D eigenvalue weighted by Gasteiger charge is 2.29. The predicted octanol–water partition coefficient (Wildman–Crippen LogP) is 7.83.